The number of nitrogens with zero attached hydrogens (tertiary/aromatic N) is 2. The minimum absolute atomic E-state index is 0.127. The second-order valence-corrected chi connectivity index (χ2v) is 6.59. The first kappa shape index (κ1) is 17.5. The Morgan fingerprint density at radius 2 is 1.72 bits per heavy atom. The number of hydrogen-bond donors (Lipinski definition) is 2. The third-order valence-electron chi connectivity index (χ3n) is 3.70. The van der Waals surface area contributed by atoms with Crippen molar-refractivity contribution < 1.29 is 0 Å². The van der Waals surface area contributed by atoms with Gasteiger partial charge in [0, 0.05) is 22.8 Å². The summed E-state index contributed by atoms with van der Waals surface area (Å²) in [6.45, 7) is 4.02. The van der Waals surface area contributed by atoms with Crippen molar-refractivity contribution in [3.63, 3.8) is 0 Å². The Balaban J connectivity index is 1.80. The molecule has 2 aromatic carbocycles. The van der Waals surface area contributed by atoms with Gasteiger partial charge in [0.15, 0.2) is 0 Å². The van der Waals surface area contributed by atoms with E-state index in [4.69, 9.17) is 23.2 Å². The summed E-state index contributed by atoms with van der Waals surface area (Å²) in [7, 11) is 0. The molecule has 3 rings (SSSR count). The van der Waals surface area contributed by atoms with Crippen LogP contribution < -0.4 is 10.6 Å². The number of anilines is 3. The fourth-order valence-electron chi connectivity index (χ4n) is 2.46. The van der Waals surface area contributed by atoms with E-state index in [1.165, 1.54) is 5.56 Å². The molecule has 25 heavy (non-hydrogen) atoms. The van der Waals surface area contributed by atoms with Gasteiger partial charge < -0.3 is 10.6 Å². The first-order valence-corrected chi connectivity index (χ1v) is 8.66. The molecule has 0 bridgehead atoms. The van der Waals surface area contributed by atoms with Crippen molar-refractivity contribution in [2.24, 2.45) is 0 Å². The number of nitrogens with one attached hydrogen (secondary N) is 2. The molecule has 0 aliphatic rings. The lowest BCUT2D eigenvalue weighted by Gasteiger charge is -2.16. The van der Waals surface area contributed by atoms with E-state index in [1.807, 2.05) is 31.2 Å². The smallest absolute Gasteiger partial charge is 0.229 e. The molecule has 0 fully saturated rings. The number of rotatable bonds is 5. The molecule has 1 aromatic heterocycles. The Morgan fingerprint density at radius 3 is 2.44 bits per heavy atom. The number of halogens is 2. The summed E-state index contributed by atoms with van der Waals surface area (Å²) in [5.74, 6) is 1.23. The summed E-state index contributed by atoms with van der Waals surface area (Å²) in [5, 5.41) is 7.65. The molecule has 6 heteroatoms. The molecule has 1 heterocycles. The van der Waals surface area contributed by atoms with Gasteiger partial charge in [-0.25, -0.2) is 4.98 Å². The molecular weight excluding hydrogens is 355 g/mol. The third kappa shape index (κ3) is 4.62. The first-order chi connectivity index (χ1) is 12.0. The van der Waals surface area contributed by atoms with Gasteiger partial charge in [-0.3, -0.25) is 0 Å². The molecule has 0 aliphatic carbocycles. The molecule has 2 N–H and O–H groups in total. The van der Waals surface area contributed by atoms with Crippen LogP contribution in [0.2, 0.25) is 10.0 Å². The van der Waals surface area contributed by atoms with Crippen molar-refractivity contribution in [2.75, 3.05) is 10.6 Å². The maximum Gasteiger partial charge on any atom is 0.229 e. The average Bonchev–Trinajstić information content (AvgIpc) is 2.58. The number of hydrogen-bond acceptors (Lipinski definition) is 4. The van der Waals surface area contributed by atoms with Gasteiger partial charge in [-0.15, -0.1) is 0 Å². The van der Waals surface area contributed by atoms with E-state index in [2.05, 4.69) is 39.7 Å². The molecule has 0 amide bonds. The van der Waals surface area contributed by atoms with Crippen LogP contribution in [0.5, 0.6) is 0 Å². The first-order valence-electron chi connectivity index (χ1n) is 7.90. The zero-order chi connectivity index (χ0) is 17.8. The Labute approximate surface area is 157 Å². The molecular formula is C19H18Cl2N4. The monoisotopic (exact) mass is 372 g/mol. The quantitative estimate of drug-likeness (QED) is 0.575. The maximum absolute atomic E-state index is 6.21. The van der Waals surface area contributed by atoms with Crippen LogP contribution >= 0.6 is 23.2 Å². The van der Waals surface area contributed by atoms with E-state index < -0.39 is 0 Å². The van der Waals surface area contributed by atoms with Crippen molar-refractivity contribution in [2.45, 2.75) is 19.9 Å². The van der Waals surface area contributed by atoms with Crippen molar-refractivity contribution in [3.05, 3.63) is 75.9 Å². The van der Waals surface area contributed by atoms with Crippen LogP contribution in [0.25, 0.3) is 0 Å². The van der Waals surface area contributed by atoms with E-state index in [1.54, 1.807) is 18.2 Å². The largest absolute Gasteiger partial charge is 0.363 e. The summed E-state index contributed by atoms with van der Waals surface area (Å²) >= 11 is 12.1. The Bertz CT molecular complexity index is 869. The predicted octanol–water partition coefficient (Wildman–Crippen LogP) is 6.01. The van der Waals surface area contributed by atoms with Gasteiger partial charge >= 0.3 is 0 Å². The fourth-order valence-corrected chi connectivity index (χ4v) is 2.91. The van der Waals surface area contributed by atoms with E-state index >= 15 is 0 Å². The van der Waals surface area contributed by atoms with Gasteiger partial charge in [0.25, 0.3) is 0 Å². The zero-order valence-electron chi connectivity index (χ0n) is 13.9. The molecule has 1 atom stereocenters. The van der Waals surface area contributed by atoms with Crippen LogP contribution in [0, 0.1) is 6.92 Å². The van der Waals surface area contributed by atoms with Gasteiger partial charge in [-0.05, 0) is 37.6 Å². The highest BCUT2D eigenvalue weighted by Crippen LogP contribution is 2.28. The fraction of sp³-hybridized carbons (Fsp3) is 0.158. The SMILES string of the molecule is Cc1cc(NC(C)c2ccccc2)nc(Nc2ccc(Cl)cc2Cl)n1. The minimum Gasteiger partial charge on any atom is -0.363 e. The van der Waals surface area contributed by atoms with E-state index in [9.17, 15) is 0 Å². The molecule has 128 valence electrons. The second kappa shape index (κ2) is 7.72. The van der Waals surface area contributed by atoms with Gasteiger partial charge in [-0.1, -0.05) is 53.5 Å². The maximum atomic E-state index is 6.21. The van der Waals surface area contributed by atoms with Crippen LogP contribution in [0.3, 0.4) is 0 Å². The van der Waals surface area contributed by atoms with Crippen LogP contribution in [0.1, 0.15) is 24.2 Å². The summed E-state index contributed by atoms with van der Waals surface area (Å²) < 4.78 is 0. The summed E-state index contributed by atoms with van der Waals surface area (Å²) in [4.78, 5) is 8.95. The molecule has 1 unspecified atom stereocenters. The zero-order valence-corrected chi connectivity index (χ0v) is 15.4. The van der Waals surface area contributed by atoms with Crippen LogP contribution in [-0.4, -0.2) is 9.97 Å². The Kier molecular flexibility index (Phi) is 5.41. The van der Waals surface area contributed by atoms with Crippen molar-refractivity contribution in [3.8, 4) is 0 Å². The highest BCUT2D eigenvalue weighted by Gasteiger charge is 2.09. The van der Waals surface area contributed by atoms with Crippen LogP contribution in [0.15, 0.2) is 54.6 Å². The van der Waals surface area contributed by atoms with Crippen molar-refractivity contribution >= 4 is 40.7 Å². The average molecular weight is 373 g/mol. The molecule has 3 aromatic rings. The van der Waals surface area contributed by atoms with Crippen molar-refractivity contribution in [1.29, 1.82) is 0 Å². The lowest BCUT2D eigenvalue weighted by atomic mass is 10.1. The standard InChI is InChI=1S/C19H18Cl2N4/c1-12-10-18(23-13(2)14-6-4-3-5-7-14)25-19(22-12)24-17-9-8-15(20)11-16(17)21/h3-11,13H,1-2H3,(H2,22,23,24,25). The predicted molar refractivity (Wildman–Crippen MR) is 105 cm³/mol. The number of aryl methyl sites for hydroxylation is 1. The molecule has 0 saturated carbocycles. The topological polar surface area (TPSA) is 49.8 Å². The number of aromatic nitrogens is 2. The molecule has 0 radical (unpaired) electrons. The number of benzene rings is 2. The van der Waals surface area contributed by atoms with Crippen LogP contribution in [-0.2, 0) is 0 Å². The van der Waals surface area contributed by atoms with Gasteiger partial charge in [0.05, 0.1) is 10.7 Å². The summed E-state index contributed by atoms with van der Waals surface area (Å²) in [6.07, 6.45) is 0. The van der Waals surface area contributed by atoms with Gasteiger partial charge in [-0.2, -0.15) is 4.98 Å². The highest BCUT2D eigenvalue weighted by molar-refractivity contribution is 6.36. The third-order valence-corrected chi connectivity index (χ3v) is 4.24. The van der Waals surface area contributed by atoms with E-state index in [0.29, 0.717) is 21.7 Å². The minimum atomic E-state index is 0.127. The second-order valence-electron chi connectivity index (χ2n) is 5.74. The molecule has 4 nitrogen and oxygen atoms in total. The van der Waals surface area contributed by atoms with E-state index in [-0.39, 0.29) is 6.04 Å². The lowest BCUT2D eigenvalue weighted by molar-refractivity contribution is 0.871. The van der Waals surface area contributed by atoms with Crippen molar-refractivity contribution in [1.82, 2.24) is 9.97 Å². The summed E-state index contributed by atoms with van der Waals surface area (Å²) in [6, 6.07) is 17.5. The highest BCUT2D eigenvalue weighted by atomic mass is 35.5. The Morgan fingerprint density at radius 1 is 0.960 bits per heavy atom. The summed E-state index contributed by atoms with van der Waals surface area (Å²) in [5.41, 5.74) is 2.75. The van der Waals surface area contributed by atoms with Gasteiger partial charge in [0.1, 0.15) is 5.82 Å². The Hall–Kier alpha value is -2.30. The van der Waals surface area contributed by atoms with Crippen LogP contribution in [0.4, 0.5) is 17.5 Å². The van der Waals surface area contributed by atoms with Gasteiger partial charge in [0.2, 0.25) is 5.95 Å². The molecule has 0 aliphatic heterocycles. The normalized spacial score (nSPS) is 11.8. The molecule has 0 saturated heterocycles. The lowest BCUT2D eigenvalue weighted by Crippen LogP contribution is -2.10. The molecule has 0 spiro atoms. The van der Waals surface area contributed by atoms with E-state index in [0.717, 1.165) is 11.5 Å².